The van der Waals surface area contributed by atoms with Crippen LogP contribution in [-0.4, -0.2) is 48.9 Å². The number of nitrogens with one attached hydrogen (secondary N) is 2. The molecule has 102 valence electrons. The van der Waals surface area contributed by atoms with E-state index in [1.807, 2.05) is 14.0 Å². The molecule has 0 bridgehead atoms. The zero-order valence-corrected chi connectivity index (χ0v) is 11.6. The fraction of sp³-hybridized carbons (Fsp3) is 0.727. The highest BCUT2D eigenvalue weighted by atomic mass is 32.2. The van der Waals surface area contributed by atoms with E-state index in [4.69, 9.17) is 0 Å². The first-order valence-electron chi connectivity index (χ1n) is 6.30. The van der Waals surface area contributed by atoms with Crippen LogP contribution in [0.5, 0.6) is 0 Å². The summed E-state index contributed by atoms with van der Waals surface area (Å²) in [6, 6.07) is 0.0494. The van der Waals surface area contributed by atoms with E-state index in [2.05, 4.69) is 15.3 Å². The van der Waals surface area contributed by atoms with Crippen LogP contribution in [-0.2, 0) is 16.4 Å². The van der Waals surface area contributed by atoms with Gasteiger partial charge in [0.1, 0.15) is 5.82 Å². The molecule has 0 aliphatic carbocycles. The molecule has 1 aromatic heterocycles. The molecule has 1 saturated heterocycles. The lowest BCUT2D eigenvalue weighted by Gasteiger charge is -2.22. The van der Waals surface area contributed by atoms with Crippen molar-refractivity contribution < 1.29 is 8.42 Å². The van der Waals surface area contributed by atoms with Crippen molar-refractivity contribution in [3.63, 3.8) is 0 Å². The van der Waals surface area contributed by atoms with E-state index >= 15 is 0 Å². The van der Waals surface area contributed by atoms with Crippen LogP contribution in [0.2, 0.25) is 0 Å². The van der Waals surface area contributed by atoms with Crippen molar-refractivity contribution in [2.75, 3.05) is 20.1 Å². The summed E-state index contributed by atoms with van der Waals surface area (Å²) in [4.78, 5) is 6.95. The lowest BCUT2D eigenvalue weighted by Crippen LogP contribution is -2.40. The number of aromatic amines is 1. The molecule has 0 amide bonds. The summed E-state index contributed by atoms with van der Waals surface area (Å²) in [5.74, 6) is 0.706. The third-order valence-electron chi connectivity index (χ3n) is 3.29. The molecule has 1 aromatic rings. The minimum Gasteiger partial charge on any atom is -0.332 e. The summed E-state index contributed by atoms with van der Waals surface area (Å²) < 4.78 is 26.5. The van der Waals surface area contributed by atoms with Crippen LogP contribution in [0.1, 0.15) is 25.6 Å². The van der Waals surface area contributed by atoms with Crippen molar-refractivity contribution in [1.29, 1.82) is 0 Å². The van der Waals surface area contributed by atoms with E-state index in [9.17, 15) is 8.42 Å². The lowest BCUT2D eigenvalue weighted by atomic mass is 10.2. The van der Waals surface area contributed by atoms with E-state index < -0.39 is 10.0 Å². The van der Waals surface area contributed by atoms with Gasteiger partial charge in [0.25, 0.3) is 10.0 Å². The van der Waals surface area contributed by atoms with Crippen LogP contribution in [0.4, 0.5) is 0 Å². The number of imidazole rings is 1. The predicted octanol–water partition coefficient (Wildman–Crippen LogP) is 0.345. The Morgan fingerprint density at radius 1 is 1.61 bits per heavy atom. The Morgan fingerprint density at radius 2 is 2.39 bits per heavy atom. The molecular formula is C11H20N4O2S. The molecule has 1 unspecified atom stereocenters. The van der Waals surface area contributed by atoms with Gasteiger partial charge in [0.15, 0.2) is 5.03 Å². The van der Waals surface area contributed by atoms with Crippen molar-refractivity contribution in [3.05, 3.63) is 12.0 Å². The molecule has 7 heteroatoms. The number of likely N-dealkylation sites (N-methyl/N-ethyl adjacent to an activating group) is 1. The molecule has 6 nitrogen and oxygen atoms in total. The van der Waals surface area contributed by atoms with E-state index in [1.54, 1.807) is 4.31 Å². The topological polar surface area (TPSA) is 78.1 Å². The molecule has 2 heterocycles. The van der Waals surface area contributed by atoms with E-state index in [0.29, 0.717) is 25.3 Å². The lowest BCUT2D eigenvalue weighted by molar-refractivity contribution is 0.378. The van der Waals surface area contributed by atoms with Gasteiger partial charge >= 0.3 is 0 Å². The molecule has 1 atom stereocenters. The fourth-order valence-electron chi connectivity index (χ4n) is 2.35. The smallest absolute Gasteiger partial charge is 0.260 e. The van der Waals surface area contributed by atoms with Gasteiger partial charge < -0.3 is 10.3 Å². The first kappa shape index (κ1) is 13.5. The zero-order valence-electron chi connectivity index (χ0n) is 10.8. The van der Waals surface area contributed by atoms with Gasteiger partial charge in [-0.05, 0) is 19.9 Å². The van der Waals surface area contributed by atoms with Crippen molar-refractivity contribution in [2.45, 2.75) is 37.3 Å². The highest BCUT2D eigenvalue weighted by Crippen LogP contribution is 2.24. The van der Waals surface area contributed by atoms with Crippen LogP contribution in [0.25, 0.3) is 0 Å². The summed E-state index contributed by atoms with van der Waals surface area (Å²) in [6.07, 6.45) is 3.95. The predicted molar refractivity (Wildman–Crippen MR) is 68.8 cm³/mol. The molecule has 18 heavy (non-hydrogen) atoms. The Bertz CT molecular complexity index is 497. The van der Waals surface area contributed by atoms with Gasteiger partial charge in [0.2, 0.25) is 0 Å². The Morgan fingerprint density at radius 3 is 3.00 bits per heavy atom. The SMILES string of the molecule is CCc1ncc(S(=O)(=O)N2CCCC2CNC)[nH]1. The highest BCUT2D eigenvalue weighted by Gasteiger charge is 2.35. The largest absolute Gasteiger partial charge is 0.332 e. The van der Waals surface area contributed by atoms with E-state index in [-0.39, 0.29) is 11.1 Å². The summed E-state index contributed by atoms with van der Waals surface area (Å²) in [5, 5.41) is 3.26. The monoisotopic (exact) mass is 272 g/mol. The second kappa shape index (κ2) is 5.38. The van der Waals surface area contributed by atoms with E-state index in [0.717, 1.165) is 12.8 Å². The second-order valence-corrected chi connectivity index (χ2v) is 6.38. The number of aromatic nitrogens is 2. The van der Waals surface area contributed by atoms with Crippen molar-refractivity contribution in [1.82, 2.24) is 19.6 Å². The van der Waals surface area contributed by atoms with Crippen LogP contribution in [0, 0.1) is 0 Å². The molecule has 2 N–H and O–H groups in total. The van der Waals surface area contributed by atoms with Crippen molar-refractivity contribution in [2.24, 2.45) is 0 Å². The maximum absolute atomic E-state index is 12.5. The first-order valence-corrected chi connectivity index (χ1v) is 7.74. The Kier molecular flexibility index (Phi) is 4.04. The third kappa shape index (κ3) is 2.43. The second-order valence-electron chi connectivity index (χ2n) is 4.52. The van der Waals surface area contributed by atoms with Crippen LogP contribution >= 0.6 is 0 Å². The van der Waals surface area contributed by atoms with Gasteiger partial charge in [-0.25, -0.2) is 13.4 Å². The molecular weight excluding hydrogens is 252 g/mol. The zero-order chi connectivity index (χ0) is 13.2. The number of aryl methyl sites for hydroxylation is 1. The molecule has 1 aliphatic rings. The Labute approximate surface area is 108 Å². The maximum atomic E-state index is 12.5. The van der Waals surface area contributed by atoms with Crippen LogP contribution in [0.3, 0.4) is 0 Å². The normalized spacial score (nSPS) is 21.6. The average molecular weight is 272 g/mol. The van der Waals surface area contributed by atoms with Crippen LogP contribution in [0.15, 0.2) is 11.2 Å². The Balaban J connectivity index is 2.24. The van der Waals surface area contributed by atoms with E-state index in [1.165, 1.54) is 6.20 Å². The first-order chi connectivity index (χ1) is 8.59. The molecule has 0 spiro atoms. The van der Waals surface area contributed by atoms with Gasteiger partial charge in [-0.3, -0.25) is 0 Å². The van der Waals surface area contributed by atoms with Crippen molar-refractivity contribution >= 4 is 10.0 Å². The molecule has 1 aliphatic heterocycles. The number of hydrogen-bond donors (Lipinski definition) is 2. The number of sulfonamides is 1. The number of nitrogens with zero attached hydrogens (tertiary/aromatic N) is 2. The average Bonchev–Trinajstić information content (AvgIpc) is 2.97. The summed E-state index contributed by atoms with van der Waals surface area (Å²) in [7, 11) is -1.58. The van der Waals surface area contributed by atoms with Gasteiger partial charge in [-0.1, -0.05) is 6.92 Å². The highest BCUT2D eigenvalue weighted by molar-refractivity contribution is 7.89. The van der Waals surface area contributed by atoms with Gasteiger partial charge in [-0.15, -0.1) is 0 Å². The molecule has 0 radical (unpaired) electrons. The van der Waals surface area contributed by atoms with Gasteiger partial charge in [-0.2, -0.15) is 4.31 Å². The number of hydrogen-bond acceptors (Lipinski definition) is 4. The Hall–Kier alpha value is -0.920. The fourth-order valence-corrected chi connectivity index (χ4v) is 3.97. The minimum absolute atomic E-state index is 0.0494. The van der Waals surface area contributed by atoms with Gasteiger partial charge in [0, 0.05) is 25.6 Å². The molecule has 2 rings (SSSR count). The molecule has 1 fully saturated rings. The third-order valence-corrected chi connectivity index (χ3v) is 5.15. The number of H-pyrrole nitrogens is 1. The summed E-state index contributed by atoms with van der Waals surface area (Å²) in [6.45, 7) is 3.22. The minimum atomic E-state index is -3.42. The summed E-state index contributed by atoms with van der Waals surface area (Å²) >= 11 is 0. The molecule has 0 saturated carbocycles. The van der Waals surface area contributed by atoms with Crippen LogP contribution < -0.4 is 5.32 Å². The van der Waals surface area contributed by atoms with Gasteiger partial charge in [0.05, 0.1) is 6.20 Å². The summed E-state index contributed by atoms with van der Waals surface area (Å²) in [5.41, 5.74) is 0. The van der Waals surface area contributed by atoms with Crippen molar-refractivity contribution in [3.8, 4) is 0 Å². The number of rotatable bonds is 5. The quantitative estimate of drug-likeness (QED) is 0.810. The maximum Gasteiger partial charge on any atom is 0.260 e. The standard InChI is InChI=1S/C11H20N4O2S/c1-3-10-13-8-11(14-10)18(16,17)15-6-4-5-9(15)7-12-2/h8-9,12H,3-7H2,1-2H3,(H,13,14). The molecule has 0 aromatic carbocycles.